The topological polar surface area (TPSA) is 73.7 Å². The van der Waals surface area contributed by atoms with Crippen LogP contribution in [0, 0.1) is 0 Å². The van der Waals surface area contributed by atoms with Crippen LogP contribution in [0.15, 0.2) is 42.6 Å². The number of likely N-dealkylation sites (tertiary alicyclic amines) is 1. The van der Waals surface area contributed by atoms with Gasteiger partial charge >= 0.3 is 0 Å². The van der Waals surface area contributed by atoms with Gasteiger partial charge in [0.1, 0.15) is 11.4 Å². The number of methoxy groups -OCH3 is 1. The molecular formula is C26H29N3O4. The zero-order chi connectivity index (χ0) is 23.4. The lowest BCUT2D eigenvalue weighted by Crippen LogP contribution is -2.52. The van der Waals surface area contributed by atoms with E-state index in [0.29, 0.717) is 49.4 Å². The molecule has 3 heterocycles. The SMILES string of the molecule is COc1cccc2cc(C(=O)N3CCC4(CC3)CC(=O)c3nn(C(C)(C)C)cc3O4)ccc12. The number of hydrogen-bond donors (Lipinski definition) is 0. The second kappa shape index (κ2) is 7.61. The van der Waals surface area contributed by atoms with Gasteiger partial charge in [0, 0.05) is 36.9 Å². The first-order chi connectivity index (χ1) is 15.7. The molecule has 0 bridgehead atoms. The largest absolute Gasteiger partial charge is 0.496 e. The first kappa shape index (κ1) is 21.5. The highest BCUT2D eigenvalue weighted by molar-refractivity contribution is 6.00. The highest BCUT2D eigenvalue weighted by Gasteiger charge is 2.45. The van der Waals surface area contributed by atoms with Gasteiger partial charge in [-0.25, -0.2) is 0 Å². The van der Waals surface area contributed by atoms with Crippen LogP contribution in [-0.4, -0.2) is 52.2 Å². The third-order valence-corrected chi connectivity index (χ3v) is 6.71. The number of fused-ring (bicyclic) bond motifs is 2. The van der Waals surface area contributed by atoms with E-state index < -0.39 is 5.60 Å². The molecule has 1 fully saturated rings. The number of benzene rings is 2. The van der Waals surface area contributed by atoms with Gasteiger partial charge in [0.25, 0.3) is 5.91 Å². The van der Waals surface area contributed by atoms with E-state index in [4.69, 9.17) is 9.47 Å². The van der Waals surface area contributed by atoms with Gasteiger partial charge in [0.15, 0.2) is 17.2 Å². The van der Waals surface area contributed by atoms with Gasteiger partial charge in [0.05, 0.1) is 25.3 Å². The maximum absolute atomic E-state index is 13.2. The zero-order valence-corrected chi connectivity index (χ0v) is 19.6. The molecule has 2 aliphatic heterocycles. The number of carbonyl (C=O) groups is 2. The number of rotatable bonds is 2. The van der Waals surface area contributed by atoms with Gasteiger partial charge < -0.3 is 14.4 Å². The highest BCUT2D eigenvalue weighted by atomic mass is 16.5. The molecule has 0 saturated carbocycles. The minimum atomic E-state index is -0.566. The van der Waals surface area contributed by atoms with Crippen molar-refractivity contribution in [2.45, 2.75) is 51.2 Å². The average molecular weight is 448 g/mol. The Hall–Kier alpha value is -3.35. The lowest BCUT2D eigenvalue weighted by molar-refractivity contribution is -0.00585. The van der Waals surface area contributed by atoms with Crippen molar-refractivity contribution in [2.24, 2.45) is 0 Å². The fourth-order valence-electron chi connectivity index (χ4n) is 4.76. The predicted octanol–water partition coefficient (Wildman–Crippen LogP) is 4.44. The van der Waals surface area contributed by atoms with Crippen LogP contribution in [0.4, 0.5) is 0 Å². The molecule has 2 aliphatic rings. The van der Waals surface area contributed by atoms with Gasteiger partial charge in [0.2, 0.25) is 0 Å². The van der Waals surface area contributed by atoms with Crippen LogP contribution >= 0.6 is 0 Å². The van der Waals surface area contributed by atoms with Crippen molar-refractivity contribution in [2.75, 3.05) is 20.2 Å². The lowest BCUT2D eigenvalue weighted by Gasteiger charge is -2.43. The van der Waals surface area contributed by atoms with E-state index in [9.17, 15) is 9.59 Å². The first-order valence-corrected chi connectivity index (χ1v) is 11.4. The maximum atomic E-state index is 13.2. The molecule has 0 aliphatic carbocycles. The predicted molar refractivity (Wildman–Crippen MR) is 125 cm³/mol. The molecule has 0 radical (unpaired) electrons. The maximum Gasteiger partial charge on any atom is 0.253 e. The van der Waals surface area contributed by atoms with Gasteiger partial charge in [-0.3, -0.25) is 14.3 Å². The Balaban J connectivity index is 1.32. The van der Waals surface area contributed by atoms with Crippen LogP contribution in [0.3, 0.4) is 0 Å². The summed E-state index contributed by atoms with van der Waals surface area (Å²) in [7, 11) is 1.65. The van der Waals surface area contributed by atoms with Crippen molar-refractivity contribution in [3.63, 3.8) is 0 Å². The molecular weight excluding hydrogens is 418 g/mol. The molecule has 172 valence electrons. The Morgan fingerprint density at radius 3 is 2.61 bits per heavy atom. The van der Waals surface area contributed by atoms with Gasteiger partial charge in [-0.2, -0.15) is 5.10 Å². The molecule has 0 N–H and O–H groups in total. The van der Waals surface area contributed by atoms with Crippen LogP contribution in [0.25, 0.3) is 10.8 Å². The van der Waals surface area contributed by atoms with Crippen LogP contribution in [0.1, 0.15) is 60.9 Å². The molecule has 0 atom stereocenters. The number of nitrogens with zero attached hydrogens (tertiary/aromatic N) is 3. The molecule has 2 aromatic carbocycles. The standard InChI is InChI=1S/C26H29N3O4/c1-25(2,3)29-16-22-23(27-29)20(30)15-26(33-22)10-12-28(13-11-26)24(31)18-8-9-19-17(14-18)6-5-7-21(19)32-4/h5-9,14,16H,10-13,15H2,1-4H3. The Morgan fingerprint density at radius 2 is 1.91 bits per heavy atom. The van der Waals surface area contributed by atoms with E-state index in [1.807, 2.05) is 68.3 Å². The van der Waals surface area contributed by atoms with Gasteiger partial charge in [-0.1, -0.05) is 12.1 Å². The third-order valence-electron chi connectivity index (χ3n) is 6.71. The molecule has 3 aromatic rings. The molecule has 0 unspecified atom stereocenters. The molecule has 5 rings (SSSR count). The minimum absolute atomic E-state index is 0.00190. The third kappa shape index (κ3) is 3.75. The van der Waals surface area contributed by atoms with E-state index in [0.717, 1.165) is 16.5 Å². The van der Waals surface area contributed by atoms with E-state index in [1.165, 1.54) is 0 Å². The highest BCUT2D eigenvalue weighted by Crippen LogP contribution is 2.40. The fourth-order valence-corrected chi connectivity index (χ4v) is 4.76. The summed E-state index contributed by atoms with van der Waals surface area (Å²) >= 11 is 0. The summed E-state index contributed by atoms with van der Waals surface area (Å²) in [6, 6.07) is 11.5. The summed E-state index contributed by atoms with van der Waals surface area (Å²) in [6.45, 7) is 7.21. The van der Waals surface area contributed by atoms with Crippen LogP contribution in [-0.2, 0) is 5.54 Å². The average Bonchev–Trinajstić information content (AvgIpc) is 3.23. The summed E-state index contributed by atoms with van der Waals surface area (Å²) in [5.74, 6) is 1.37. The molecule has 7 nitrogen and oxygen atoms in total. The van der Waals surface area contributed by atoms with Crippen molar-refractivity contribution in [1.82, 2.24) is 14.7 Å². The summed E-state index contributed by atoms with van der Waals surface area (Å²) in [6.07, 6.45) is 3.37. The van der Waals surface area contributed by atoms with Gasteiger partial charge in [-0.05, 0) is 50.4 Å². The fraction of sp³-hybridized carbons (Fsp3) is 0.423. The number of Topliss-reactive ketones (excluding diaryl/α,β-unsaturated/α-hetero) is 1. The number of ether oxygens (including phenoxy) is 2. The van der Waals surface area contributed by atoms with Crippen molar-refractivity contribution in [3.05, 3.63) is 53.9 Å². The normalized spacial score (nSPS) is 17.7. The van der Waals surface area contributed by atoms with Crippen LogP contribution in [0.5, 0.6) is 11.5 Å². The van der Waals surface area contributed by atoms with Crippen molar-refractivity contribution in [1.29, 1.82) is 0 Å². The van der Waals surface area contributed by atoms with E-state index in [1.54, 1.807) is 11.8 Å². The summed E-state index contributed by atoms with van der Waals surface area (Å²) in [5, 5.41) is 6.42. The smallest absolute Gasteiger partial charge is 0.253 e. The lowest BCUT2D eigenvalue weighted by atomic mass is 9.83. The second-order valence-corrected chi connectivity index (χ2v) is 10.0. The number of carbonyl (C=O) groups excluding carboxylic acids is 2. The van der Waals surface area contributed by atoms with E-state index >= 15 is 0 Å². The number of hydrogen-bond acceptors (Lipinski definition) is 5. The van der Waals surface area contributed by atoms with Crippen LogP contribution in [0.2, 0.25) is 0 Å². The molecule has 33 heavy (non-hydrogen) atoms. The summed E-state index contributed by atoms with van der Waals surface area (Å²) in [5.41, 5.74) is 0.277. The molecule has 7 heteroatoms. The molecule has 1 saturated heterocycles. The Bertz CT molecular complexity index is 1250. The monoisotopic (exact) mass is 447 g/mol. The Morgan fingerprint density at radius 1 is 1.15 bits per heavy atom. The quantitative estimate of drug-likeness (QED) is 0.581. The van der Waals surface area contributed by atoms with Crippen LogP contribution < -0.4 is 9.47 Å². The minimum Gasteiger partial charge on any atom is -0.496 e. The van der Waals surface area contributed by atoms with E-state index in [-0.39, 0.29) is 17.2 Å². The molecule has 1 spiro atoms. The summed E-state index contributed by atoms with van der Waals surface area (Å²) in [4.78, 5) is 27.9. The second-order valence-electron chi connectivity index (χ2n) is 10.0. The number of ketones is 1. The number of piperidine rings is 1. The number of amides is 1. The van der Waals surface area contributed by atoms with Gasteiger partial charge in [-0.15, -0.1) is 0 Å². The zero-order valence-electron chi connectivity index (χ0n) is 19.6. The summed E-state index contributed by atoms with van der Waals surface area (Å²) < 4.78 is 13.6. The first-order valence-electron chi connectivity index (χ1n) is 11.4. The van der Waals surface area contributed by atoms with Crippen molar-refractivity contribution in [3.8, 4) is 11.5 Å². The molecule has 1 amide bonds. The Kier molecular flexibility index (Phi) is 4.96. The van der Waals surface area contributed by atoms with Crippen molar-refractivity contribution < 1.29 is 19.1 Å². The van der Waals surface area contributed by atoms with E-state index in [2.05, 4.69) is 5.10 Å². The molecule has 1 aromatic heterocycles. The van der Waals surface area contributed by atoms with Crippen molar-refractivity contribution >= 4 is 22.5 Å². The number of aromatic nitrogens is 2. The Labute approximate surface area is 193 Å².